The number of aryl methyl sites for hydroxylation is 1. The van der Waals surface area contributed by atoms with Gasteiger partial charge in [0.1, 0.15) is 5.76 Å². The molecule has 0 spiro atoms. The van der Waals surface area contributed by atoms with E-state index in [4.69, 9.17) is 4.74 Å². The van der Waals surface area contributed by atoms with Crippen molar-refractivity contribution in [2.24, 2.45) is 0 Å². The standard InChI is InChI=1S/C15H23NO/c1-5-9-16-11-14-7-8-15(12(3)10-14)13(4)17-6-2/h7-8,10,16H,4-6,9,11H2,1-3H3. The second-order valence-corrected chi connectivity index (χ2v) is 4.18. The average molecular weight is 233 g/mol. The SMILES string of the molecule is C=C(OCC)c1ccc(CNCCC)cc1C. The van der Waals surface area contributed by atoms with E-state index in [1.165, 1.54) is 11.1 Å². The van der Waals surface area contributed by atoms with Gasteiger partial charge in [-0.2, -0.15) is 0 Å². The van der Waals surface area contributed by atoms with Gasteiger partial charge in [0.15, 0.2) is 0 Å². The highest BCUT2D eigenvalue weighted by atomic mass is 16.5. The third-order valence-corrected chi connectivity index (χ3v) is 2.67. The summed E-state index contributed by atoms with van der Waals surface area (Å²) in [5.41, 5.74) is 3.63. The molecule has 0 heterocycles. The number of nitrogens with one attached hydrogen (secondary N) is 1. The highest BCUT2D eigenvalue weighted by Gasteiger charge is 2.04. The number of hydrogen-bond acceptors (Lipinski definition) is 2. The maximum Gasteiger partial charge on any atom is 0.119 e. The Morgan fingerprint density at radius 2 is 2.12 bits per heavy atom. The van der Waals surface area contributed by atoms with E-state index in [1.54, 1.807) is 0 Å². The lowest BCUT2D eigenvalue weighted by Crippen LogP contribution is -2.13. The van der Waals surface area contributed by atoms with Gasteiger partial charge in [-0.1, -0.05) is 31.7 Å². The van der Waals surface area contributed by atoms with Gasteiger partial charge in [-0.3, -0.25) is 0 Å². The molecule has 0 amide bonds. The first-order valence-corrected chi connectivity index (χ1v) is 6.31. The lowest BCUT2D eigenvalue weighted by Gasteiger charge is -2.12. The number of rotatable bonds is 7. The summed E-state index contributed by atoms with van der Waals surface area (Å²) in [5, 5.41) is 3.40. The lowest BCUT2D eigenvalue weighted by atomic mass is 10.0. The summed E-state index contributed by atoms with van der Waals surface area (Å²) < 4.78 is 5.44. The Balaban J connectivity index is 2.68. The minimum atomic E-state index is 0.665. The van der Waals surface area contributed by atoms with Crippen molar-refractivity contribution in [2.45, 2.75) is 33.7 Å². The van der Waals surface area contributed by atoms with Crippen LogP contribution in [0.25, 0.3) is 5.76 Å². The van der Waals surface area contributed by atoms with Crippen molar-refractivity contribution in [1.29, 1.82) is 0 Å². The third kappa shape index (κ3) is 4.23. The molecule has 0 saturated carbocycles. The Bertz CT molecular complexity index is 371. The van der Waals surface area contributed by atoms with Crippen LogP contribution in [0.1, 0.15) is 37.0 Å². The van der Waals surface area contributed by atoms with Crippen LogP contribution in [-0.2, 0) is 11.3 Å². The van der Waals surface area contributed by atoms with Crippen molar-refractivity contribution in [2.75, 3.05) is 13.2 Å². The molecule has 2 nitrogen and oxygen atoms in total. The molecule has 1 N–H and O–H groups in total. The quantitative estimate of drug-likeness (QED) is 0.575. The topological polar surface area (TPSA) is 21.3 Å². The van der Waals surface area contributed by atoms with E-state index in [0.717, 1.165) is 30.8 Å². The molecule has 0 saturated heterocycles. The maximum atomic E-state index is 5.44. The van der Waals surface area contributed by atoms with Crippen LogP contribution < -0.4 is 5.32 Å². The smallest absolute Gasteiger partial charge is 0.119 e. The number of benzene rings is 1. The van der Waals surface area contributed by atoms with E-state index in [1.807, 2.05) is 6.92 Å². The van der Waals surface area contributed by atoms with E-state index in [2.05, 4.69) is 43.9 Å². The predicted molar refractivity (Wildman–Crippen MR) is 73.8 cm³/mol. The summed E-state index contributed by atoms with van der Waals surface area (Å²) in [6.07, 6.45) is 1.16. The normalized spacial score (nSPS) is 10.3. The van der Waals surface area contributed by atoms with Gasteiger partial charge in [0.2, 0.25) is 0 Å². The molecular weight excluding hydrogens is 210 g/mol. The molecule has 0 aliphatic rings. The molecule has 0 aliphatic heterocycles. The van der Waals surface area contributed by atoms with Crippen molar-refractivity contribution >= 4 is 5.76 Å². The Morgan fingerprint density at radius 1 is 1.35 bits per heavy atom. The van der Waals surface area contributed by atoms with Gasteiger partial charge >= 0.3 is 0 Å². The van der Waals surface area contributed by atoms with Gasteiger partial charge in [-0.25, -0.2) is 0 Å². The molecule has 1 rings (SSSR count). The van der Waals surface area contributed by atoms with E-state index in [9.17, 15) is 0 Å². The fourth-order valence-electron chi connectivity index (χ4n) is 1.81. The van der Waals surface area contributed by atoms with Crippen LogP contribution in [0.3, 0.4) is 0 Å². The fourth-order valence-corrected chi connectivity index (χ4v) is 1.81. The van der Waals surface area contributed by atoms with Crippen molar-refractivity contribution in [3.63, 3.8) is 0 Å². The first kappa shape index (κ1) is 13.8. The first-order chi connectivity index (χ1) is 8.19. The Morgan fingerprint density at radius 3 is 2.71 bits per heavy atom. The number of hydrogen-bond donors (Lipinski definition) is 1. The van der Waals surface area contributed by atoms with Crippen molar-refractivity contribution in [3.05, 3.63) is 41.5 Å². The summed E-state index contributed by atoms with van der Waals surface area (Å²) in [6, 6.07) is 6.42. The summed E-state index contributed by atoms with van der Waals surface area (Å²) in [4.78, 5) is 0. The van der Waals surface area contributed by atoms with Crippen LogP contribution >= 0.6 is 0 Å². The molecular formula is C15H23NO. The van der Waals surface area contributed by atoms with Gasteiger partial charge in [0, 0.05) is 12.1 Å². The van der Waals surface area contributed by atoms with Crippen LogP contribution in [0, 0.1) is 6.92 Å². The fraction of sp³-hybridized carbons (Fsp3) is 0.467. The average Bonchev–Trinajstić information content (AvgIpc) is 2.29. The molecule has 1 aromatic rings. The van der Waals surface area contributed by atoms with Gasteiger partial charge in [0.05, 0.1) is 6.61 Å². The highest BCUT2D eigenvalue weighted by Crippen LogP contribution is 2.19. The zero-order valence-corrected chi connectivity index (χ0v) is 11.2. The van der Waals surface area contributed by atoms with Gasteiger partial charge in [-0.05, 0) is 37.9 Å². The van der Waals surface area contributed by atoms with Crippen LogP contribution in [0.15, 0.2) is 24.8 Å². The molecule has 2 heteroatoms. The van der Waals surface area contributed by atoms with Crippen LogP contribution in [0.2, 0.25) is 0 Å². The summed E-state index contributed by atoms with van der Waals surface area (Å²) in [6.45, 7) is 12.8. The minimum Gasteiger partial charge on any atom is -0.494 e. The number of ether oxygens (including phenoxy) is 1. The van der Waals surface area contributed by atoms with Crippen LogP contribution in [0.5, 0.6) is 0 Å². The molecule has 0 aromatic heterocycles. The highest BCUT2D eigenvalue weighted by molar-refractivity contribution is 5.61. The monoisotopic (exact) mass is 233 g/mol. The van der Waals surface area contributed by atoms with Crippen molar-refractivity contribution < 1.29 is 4.74 Å². The minimum absolute atomic E-state index is 0.665. The zero-order chi connectivity index (χ0) is 12.7. The second-order valence-electron chi connectivity index (χ2n) is 4.18. The molecule has 0 atom stereocenters. The van der Waals surface area contributed by atoms with Crippen LogP contribution in [0.4, 0.5) is 0 Å². The van der Waals surface area contributed by atoms with Crippen LogP contribution in [-0.4, -0.2) is 13.2 Å². The Hall–Kier alpha value is -1.28. The van der Waals surface area contributed by atoms with E-state index in [0.29, 0.717) is 6.61 Å². The molecule has 17 heavy (non-hydrogen) atoms. The first-order valence-electron chi connectivity index (χ1n) is 6.31. The predicted octanol–water partition coefficient (Wildman–Crippen LogP) is 3.50. The lowest BCUT2D eigenvalue weighted by molar-refractivity contribution is 0.299. The van der Waals surface area contributed by atoms with Gasteiger partial charge in [0.25, 0.3) is 0 Å². The summed E-state index contributed by atoms with van der Waals surface area (Å²) >= 11 is 0. The summed E-state index contributed by atoms with van der Waals surface area (Å²) in [7, 11) is 0. The second kappa shape index (κ2) is 7.13. The maximum absolute atomic E-state index is 5.44. The van der Waals surface area contributed by atoms with Crippen molar-refractivity contribution in [1.82, 2.24) is 5.32 Å². The molecule has 0 unspecified atom stereocenters. The Labute approximate surface area is 105 Å². The van der Waals surface area contributed by atoms with E-state index >= 15 is 0 Å². The van der Waals surface area contributed by atoms with E-state index in [-0.39, 0.29) is 0 Å². The van der Waals surface area contributed by atoms with Gasteiger partial charge in [-0.15, -0.1) is 0 Å². The van der Waals surface area contributed by atoms with Crippen molar-refractivity contribution in [3.8, 4) is 0 Å². The summed E-state index contributed by atoms with van der Waals surface area (Å²) in [5.74, 6) is 0.762. The molecule has 0 aliphatic carbocycles. The Kier molecular flexibility index (Phi) is 5.78. The zero-order valence-electron chi connectivity index (χ0n) is 11.2. The molecule has 1 aromatic carbocycles. The van der Waals surface area contributed by atoms with E-state index < -0.39 is 0 Å². The molecule has 0 radical (unpaired) electrons. The molecule has 0 fully saturated rings. The third-order valence-electron chi connectivity index (χ3n) is 2.67. The van der Waals surface area contributed by atoms with Gasteiger partial charge < -0.3 is 10.1 Å². The molecule has 0 bridgehead atoms. The molecule has 94 valence electrons. The largest absolute Gasteiger partial charge is 0.494 e.